The molecule has 0 unspecified atom stereocenters. The Kier molecular flexibility index (Phi) is 6.90. The summed E-state index contributed by atoms with van der Waals surface area (Å²) < 4.78 is 10.4. The highest BCUT2D eigenvalue weighted by Crippen LogP contribution is 2.15. The fraction of sp³-hybridized carbons (Fsp3) is 0.556. The van der Waals surface area contributed by atoms with E-state index in [0.717, 1.165) is 25.7 Å². The molecule has 1 heterocycles. The predicted octanol–water partition coefficient (Wildman–Crippen LogP) is 2.83. The molecular weight excluding hydrogens is 308 g/mol. The van der Waals surface area contributed by atoms with Gasteiger partial charge in [0.1, 0.15) is 5.75 Å². The Morgan fingerprint density at radius 2 is 2.04 bits per heavy atom. The van der Waals surface area contributed by atoms with Crippen molar-refractivity contribution in [2.24, 2.45) is 0 Å². The number of hydrogen-bond donors (Lipinski definition) is 1. The molecule has 1 N–H and O–H groups in total. The number of unbranched alkanes of at least 4 members (excludes halogenated alkanes) is 1. The highest BCUT2D eigenvalue weighted by Gasteiger charge is 2.25. The Labute approximate surface area is 143 Å². The number of piperidine rings is 1. The molecule has 1 aliphatic rings. The molecule has 24 heavy (non-hydrogen) atoms. The molecule has 0 aliphatic carbocycles. The molecule has 0 spiro atoms. The molecule has 1 saturated heterocycles. The van der Waals surface area contributed by atoms with Gasteiger partial charge in [0, 0.05) is 24.7 Å². The van der Waals surface area contributed by atoms with E-state index in [1.54, 1.807) is 36.3 Å². The van der Waals surface area contributed by atoms with Crippen molar-refractivity contribution in [2.75, 3.05) is 26.8 Å². The van der Waals surface area contributed by atoms with E-state index in [4.69, 9.17) is 9.47 Å². The molecule has 0 bridgehead atoms. The Hall–Kier alpha value is -2.24. The molecule has 1 aliphatic heterocycles. The van der Waals surface area contributed by atoms with E-state index < -0.39 is 0 Å². The zero-order valence-electron chi connectivity index (χ0n) is 14.4. The first kappa shape index (κ1) is 18.1. The van der Waals surface area contributed by atoms with Crippen LogP contribution in [0.1, 0.15) is 43.0 Å². The lowest BCUT2D eigenvalue weighted by Gasteiger charge is -2.31. The highest BCUT2D eigenvalue weighted by atomic mass is 16.6. The average molecular weight is 334 g/mol. The summed E-state index contributed by atoms with van der Waals surface area (Å²) in [6.07, 6.45) is 3.11. The van der Waals surface area contributed by atoms with Crippen LogP contribution in [0.25, 0.3) is 0 Å². The van der Waals surface area contributed by atoms with Gasteiger partial charge < -0.3 is 19.7 Å². The first-order valence-electron chi connectivity index (χ1n) is 8.50. The summed E-state index contributed by atoms with van der Waals surface area (Å²) in [4.78, 5) is 25.9. The van der Waals surface area contributed by atoms with Crippen molar-refractivity contribution in [2.45, 2.75) is 38.6 Å². The van der Waals surface area contributed by atoms with Gasteiger partial charge in [-0.2, -0.15) is 0 Å². The van der Waals surface area contributed by atoms with Crippen molar-refractivity contribution in [3.8, 4) is 5.75 Å². The SMILES string of the molecule is CCCCOC(=O)N1CCC(NC(=O)c2cccc(OC)c2)CC1. The molecule has 6 nitrogen and oxygen atoms in total. The highest BCUT2D eigenvalue weighted by molar-refractivity contribution is 5.94. The average Bonchev–Trinajstić information content (AvgIpc) is 2.62. The number of carbonyl (C=O) groups is 2. The van der Waals surface area contributed by atoms with Gasteiger partial charge in [0.05, 0.1) is 13.7 Å². The van der Waals surface area contributed by atoms with Crippen LogP contribution in [0.15, 0.2) is 24.3 Å². The largest absolute Gasteiger partial charge is 0.497 e. The smallest absolute Gasteiger partial charge is 0.409 e. The van der Waals surface area contributed by atoms with Crippen LogP contribution in [-0.2, 0) is 4.74 Å². The number of carbonyl (C=O) groups excluding carboxylic acids is 2. The number of rotatable bonds is 6. The standard InChI is InChI=1S/C18H26N2O4/c1-3-4-12-24-18(22)20-10-8-15(9-11-20)19-17(21)14-6-5-7-16(13-14)23-2/h5-7,13,15H,3-4,8-12H2,1-2H3,(H,19,21). The normalized spacial score (nSPS) is 15.0. The minimum atomic E-state index is -0.249. The lowest BCUT2D eigenvalue weighted by atomic mass is 10.0. The van der Waals surface area contributed by atoms with Crippen LogP contribution >= 0.6 is 0 Å². The second-order valence-electron chi connectivity index (χ2n) is 5.93. The molecular formula is C18H26N2O4. The van der Waals surface area contributed by atoms with Crippen LogP contribution in [-0.4, -0.2) is 49.7 Å². The van der Waals surface area contributed by atoms with Crippen LogP contribution in [0.3, 0.4) is 0 Å². The quantitative estimate of drug-likeness (QED) is 0.812. The van der Waals surface area contributed by atoms with Gasteiger partial charge in [-0.1, -0.05) is 19.4 Å². The Morgan fingerprint density at radius 1 is 1.29 bits per heavy atom. The molecule has 0 saturated carbocycles. The summed E-state index contributed by atoms with van der Waals surface area (Å²) in [6.45, 7) is 3.74. The number of hydrogen-bond acceptors (Lipinski definition) is 4. The molecule has 1 aromatic carbocycles. The first-order chi connectivity index (χ1) is 11.6. The number of amides is 2. The van der Waals surface area contributed by atoms with Crippen LogP contribution in [0, 0.1) is 0 Å². The minimum Gasteiger partial charge on any atom is -0.497 e. The van der Waals surface area contributed by atoms with Gasteiger partial charge in [0.2, 0.25) is 0 Å². The predicted molar refractivity (Wildman–Crippen MR) is 91.3 cm³/mol. The van der Waals surface area contributed by atoms with E-state index >= 15 is 0 Å². The third-order valence-electron chi connectivity index (χ3n) is 4.14. The Balaban J connectivity index is 1.78. The molecule has 0 aromatic heterocycles. The zero-order valence-corrected chi connectivity index (χ0v) is 14.4. The summed E-state index contributed by atoms with van der Waals surface area (Å²) in [6, 6.07) is 7.15. The maximum Gasteiger partial charge on any atom is 0.409 e. The first-order valence-corrected chi connectivity index (χ1v) is 8.50. The van der Waals surface area contributed by atoms with Gasteiger partial charge in [0.25, 0.3) is 5.91 Å². The topological polar surface area (TPSA) is 67.9 Å². The van der Waals surface area contributed by atoms with E-state index in [2.05, 4.69) is 12.2 Å². The maximum absolute atomic E-state index is 12.3. The van der Waals surface area contributed by atoms with Crippen molar-refractivity contribution in [3.63, 3.8) is 0 Å². The Morgan fingerprint density at radius 3 is 2.71 bits per heavy atom. The molecule has 0 atom stereocenters. The fourth-order valence-corrected chi connectivity index (χ4v) is 2.63. The van der Waals surface area contributed by atoms with Crippen molar-refractivity contribution < 1.29 is 19.1 Å². The van der Waals surface area contributed by atoms with Crippen LogP contribution in [0.5, 0.6) is 5.75 Å². The molecule has 0 radical (unpaired) electrons. The number of likely N-dealkylation sites (tertiary alicyclic amines) is 1. The van der Waals surface area contributed by atoms with Crippen LogP contribution < -0.4 is 10.1 Å². The third-order valence-corrected chi connectivity index (χ3v) is 4.14. The van der Waals surface area contributed by atoms with Crippen molar-refractivity contribution in [3.05, 3.63) is 29.8 Å². The molecule has 2 amide bonds. The summed E-state index contributed by atoms with van der Waals surface area (Å²) in [5.41, 5.74) is 0.579. The number of methoxy groups -OCH3 is 1. The van der Waals surface area contributed by atoms with Gasteiger partial charge >= 0.3 is 6.09 Å². The van der Waals surface area contributed by atoms with Gasteiger partial charge in [-0.05, 0) is 37.5 Å². The number of nitrogens with zero attached hydrogens (tertiary/aromatic N) is 1. The van der Waals surface area contributed by atoms with Gasteiger partial charge in [0.15, 0.2) is 0 Å². The van der Waals surface area contributed by atoms with Crippen LogP contribution in [0.4, 0.5) is 4.79 Å². The van der Waals surface area contributed by atoms with Crippen molar-refractivity contribution in [1.29, 1.82) is 0 Å². The zero-order chi connectivity index (χ0) is 17.4. The van der Waals surface area contributed by atoms with Crippen molar-refractivity contribution in [1.82, 2.24) is 10.2 Å². The molecule has 2 rings (SSSR count). The summed E-state index contributed by atoms with van der Waals surface area (Å²) >= 11 is 0. The van der Waals surface area contributed by atoms with E-state index in [0.29, 0.717) is 31.0 Å². The molecule has 132 valence electrons. The number of benzene rings is 1. The van der Waals surface area contributed by atoms with Gasteiger partial charge in [-0.25, -0.2) is 4.79 Å². The van der Waals surface area contributed by atoms with Gasteiger partial charge in [-0.15, -0.1) is 0 Å². The van der Waals surface area contributed by atoms with E-state index in [-0.39, 0.29) is 18.0 Å². The lowest BCUT2D eigenvalue weighted by Crippen LogP contribution is -2.46. The van der Waals surface area contributed by atoms with E-state index in [1.807, 2.05) is 0 Å². The third kappa shape index (κ3) is 5.15. The summed E-state index contributed by atoms with van der Waals surface area (Å²) in [5.74, 6) is 0.546. The fourth-order valence-electron chi connectivity index (χ4n) is 2.63. The van der Waals surface area contributed by atoms with Crippen molar-refractivity contribution >= 4 is 12.0 Å². The second-order valence-corrected chi connectivity index (χ2v) is 5.93. The van der Waals surface area contributed by atoms with Gasteiger partial charge in [-0.3, -0.25) is 4.79 Å². The lowest BCUT2D eigenvalue weighted by molar-refractivity contribution is 0.0836. The minimum absolute atomic E-state index is 0.0726. The molecule has 1 fully saturated rings. The molecule has 1 aromatic rings. The van der Waals surface area contributed by atoms with E-state index in [1.165, 1.54) is 0 Å². The molecule has 6 heteroatoms. The van der Waals surface area contributed by atoms with Crippen LogP contribution in [0.2, 0.25) is 0 Å². The monoisotopic (exact) mass is 334 g/mol. The Bertz CT molecular complexity index is 554. The summed E-state index contributed by atoms with van der Waals surface area (Å²) in [7, 11) is 1.58. The number of ether oxygens (including phenoxy) is 2. The van der Waals surface area contributed by atoms with E-state index in [9.17, 15) is 9.59 Å². The summed E-state index contributed by atoms with van der Waals surface area (Å²) in [5, 5.41) is 3.02. The number of nitrogens with one attached hydrogen (secondary N) is 1. The second kappa shape index (κ2) is 9.15. The maximum atomic E-state index is 12.3.